The maximum absolute atomic E-state index is 5.32. The van der Waals surface area contributed by atoms with Gasteiger partial charge in [0.1, 0.15) is 0 Å². The van der Waals surface area contributed by atoms with E-state index in [4.69, 9.17) is 14.2 Å². The van der Waals surface area contributed by atoms with Gasteiger partial charge in [0, 0.05) is 18.9 Å². The molecule has 0 unspecified atom stereocenters. The second kappa shape index (κ2) is 6.65. The van der Waals surface area contributed by atoms with Crippen LogP contribution in [0.3, 0.4) is 0 Å². The molecule has 0 aliphatic carbocycles. The van der Waals surface area contributed by atoms with Crippen LogP contribution in [0.2, 0.25) is 0 Å². The molecule has 2 rings (SSSR count). The Morgan fingerprint density at radius 3 is 2.30 bits per heavy atom. The van der Waals surface area contributed by atoms with Crippen LogP contribution in [0.25, 0.3) is 6.08 Å². The van der Waals surface area contributed by atoms with Gasteiger partial charge in [0.15, 0.2) is 11.5 Å². The van der Waals surface area contributed by atoms with Gasteiger partial charge in [-0.25, -0.2) is 4.98 Å². The molecule has 0 saturated heterocycles. The van der Waals surface area contributed by atoms with Crippen LogP contribution >= 0.6 is 0 Å². The van der Waals surface area contributed by atoms with Gasteiger partial charge in [-0.1, -0.05) is 12.2 Å². The molecule has 0 bridgehead atoms. The standard InChI is InChI=1S/C15H18N2O3/c1-18-13-9-12(10-14(19-2)15(13)20-3)5-4-7-17-8-6-16-11-17/h4-6,8-11H,7H2,1-3H3/b5-4+. The summed E-state index contributed by atoms with van der Waals surface area (Å²) in [5.74, 6) is 1.89. The van der Waals surface area contributed by atoms with Crippen LogP contribution in [-0.4, -0.2) is 30.9 Å². The molecule has 2 aromatic rings. The molecule has 0 aliphatic heterocycles. The average Bonchev–Trinajstić information content (AvgIpc) is 2.99. The number of rotatable bonds is 6. The first kappa shape index (κ1) is 14.0. The van der Waals surface area contributed by atoms with E-state index in [0.717, 1.165) is 12.1 Å². The molecular formula is C15H18N2O3. The van der Waals surface area contributed by atoms with Gasteiger partial charge in [0.2, 0.25) is 5.75 Å². The molecule has 0 aliphatic rings. The lowest BCUT2D eigenvalue weighted by atomic mass is 10.1. The molecule has 106 valence electrons. The van der Waals surface area contributed by atoms with E-state index in [1.54, 1.807) is 33.9 Å². The minimum atomic E-state index is 0.599. The monoisotopic (exact) mass is 274 g/mol. The Morgan fingerprint density at radius 2 is 1.80 bits per heavy atom. The molecule has 5 nitrogen and oxygen atoms in total. The smallest absolute Gasteiger partial charge is 0.203 e. The highest BCUT2D eigenvalue weighted by molar-refractivity contribution is 5.62. The maximum atomic E-state index is 5.32. The summed E-state index contributed by atoms with van der Waals surface area (Å²) in [5, 5.41) is 0. The first-order valence-electron chi connectivity index (χ1n) is 6.20. The zero-order valence-electron chi connectivity index (χ0n) is 11.9. The molecule has 1 aromatic heterocycles. The lowest BCUT2D eigenvalue weighted by Gasteiger charge is -2.12. The highest BCUT2D eigenvalue weighted by Crippen LogP contribution is 2.38. The lowest BCUT2D eigenvalue weighted by molar-refractivity contribution is 0.324. The Balaban J connectivity index is 2.21. The molecule has 0 spiro atoms. The summed E-state index contributed by atoms with van der Waals surface area (Å²) in [6.45, 7) is 0.761. The van der Waals surface area contributed by atoms with Crippen molar-refractivity contribution in [1.82, 2.24) is 9.55 Å². The van der Waals surface area contributed by atoms with Crippen molar-refractivity contribution in [1.29, 1.82) is 0 Å². The highest BCUT2D eigenvalue weighted by Gasteiger charge is 2.11. The molecule has 0 atom stereocenters. The number of benzene rings is 1. The summed E-state index contributed by atoms with van der Waals surface area (Å²) in [5.41, 5.74) is 0.986. The van der Waals surface area contributed by atoms with Crippen molar-refractivity contribution in [3.63, 3.8) is 0 Å². The number of allylic oxidation sites excluding steroid dienone is 1. The van der Waals surface area contributed by atoms with Gasteiger partial charge >= 0.3 is 0 Å². The van der Waals surface area contributed by atoms with Gasteiger partial charge in [-0.05, 0) is 17.7 Å². The van der Waals surface area contributed by atoms with Crippen LogP contribution < -0.4 is 14.2 Å². The van der Waals surface area contributed by atoms with E-state index in [1.807, 2.05) is 35.0 Å². The van der Waals surface area contributed by atoms with Crippen molar-refractivity contribution in [3.05, 3.63) is 42.5 Å². The minimum absolute atomic E-state index is 0.599. The van der Waals surface area contributed by atoms with Crippen molar-refractivity contribution in [2.24, 2.45) is 0 Å². The van der Waals surface area contributed by atoms with Crippen LogP contribution in [0.1, 0.15) is 5.56 Å². The number of aromatic nitrogens is 2. The molecule has 0 N–H and O–H groups in total. The molecular weight excluding hydrogens is 256 g/mol. The minimum Gasteiger partial charge on any atom is -0.493 e. The van der Waals surface area contributed by atoms with Crippen molar-refractivity contribution < 1.29 is 14.2 Å². The van der Waals surface area contributed by atoms with Gasteiger partial charge < -0.3 is 18.8 Å². The molecule has 0 saturated carbocycles. The van der Waals surface area contributed by atoms with E-state index < -0.39 is 0 Å². The van der Waals surface area contributed by atoms with Crippen LogP contribution in [-0.2, 0) is 6.54 Å². The molecule has 0 fully saturated rings. The summed E-state index contributed by atoms with van der Waals surface area (Å²) in [4.78, 5) is 4.00. The lowest BCUT2D eigenvalue weighted by Crippen LogP contribution is -1.95. The number of ether oxygens (including phenoxy) is 3. The van der Waals surface area contributed by atoms with Crippen LogP contribution in [0.15, 0.2) is 36.9 Å². The zero-order chi connectivity index (χ0) is 14.4. The SMILES string of the molecule is COc1cc(/C=C/Cn2ccnc2)cc(OC)c1OC. The Labute approximate surface area is 118 Å². The van der Waals surface area contributed by atoms with Gasteiger partial charge in [-0.15, -0.1) is 0 Å². The Kier molecular flexibility index (Phi) is 4.65. The fourth-order valence-corrected chi connectivity index (χ4v) is 1.90. The largest absolute Gasteiger partial charge is 0.493 e. The molecule has 5 heteroatoms. The number of hydrogen-bond donors (Lipinski definition) is 0. The molecule has 20 heavy (non-hydrogen) atoms. The Morgan fingerprint density at radius 1 is 1.10 bits per heavy atom. The van der Waals surface area contributed by atoms with Crippen molar-refractivity contribution in [2.45, 2.75) is 6.54 Å². The fourth-order valence-electron chi connectivity index (χ4n) is 1.90. The molecule has 1 heterocycles. The van der Waals surface area contributed by atoms with Gasteiger partial charge in [0.05, 0.1) is 27.7 Å². The van der Waals surface area contributed by atoms with Gasteiger partial charge in [-0.3, -0.25) is 0 Å². The fraction of sp³-hybridized carbons (Fsp3) is 0.267. The molecule has 0 amide bonds. The van der Waals surface area contributed by atoms with E-state index in [2.05, 4.69) is 4.98 Å². The normalized spacial score (nSPS) is 10.8. The number of methoxy groups -OCH3 is 3. The van der Waals surface area contributed by atoms with Crippen molar-refractivity contribution in [3.8, 4) is 17.2 Å². The second-order valence-corrected chi connectivity index (χ2v) is 4.12. The summed E-state index contributed by atoms with van der Waals surface area (Å²) >= 11 is 0. The van der Waals surface area contributed by atoms with Crippen molar-refractivity contribution in [2.75, 3.05) is 21.3 Å². The van der Waals surface area contributed by atoms with Gasteiger partial charge in [-0.2, -0.15) is 0 Å². The predicted molar refractivity (Wildman–Crippen MR) is 77.4 cm³/mol. The maximum Gasteiger partial charge on any atom is 0.203 e. The number of nitrogens with zero attached hydrogens (tertiary/aromatic N) is 2. The summed E-state index contributed by atoms with van der Waals surface area (Å²) in [6.07, 6.45) is 9.50. The van der Waals surface area contributed by atoms with Crippen molar-refractivity contribution >= 4 is 6.08 Å². The summed E-state index contributed by atoms with van der Waals surface area (Å²) < 4.78 is 17.9. The van der Waals surface area contributed by atoms with Crippen LogP contribution in [0.4, 0.5) is 0 Å². The number of imidazole rings is 1. The molecule has 0 radical (unpaired) electrons. The van der Waals surface area contributed by atoms with Crippen LogP contribution in [0, 0.1) is 0 Å². The van der Waals surface area contributed by atoms with Crippen LogP contribution in [0.5, 0.6) is 17.2 Å². The third-order valence-corrected chi connectivity index (χ3v) is 2.87. The third kappa shape index (κ3) is 3.12. The third-order valence-electron chi connectivity index (χ3n) is 2.87. The van der Waals surface area contributed by atoms with E-state index in [1.165, 1.54) is 0 Å². The zero-order valence-corrected chi connectivity index (χ0v) is 11.9. The summed E-state index contributed by atoms with van der Waals surface area (Å²) in [6, 6.07) is 3.82. The Bertz CT molecular complexity index is 552. The van der Waals surface area contributed by atoms with E-state index in [0.29, 0.717) is 17.2 Å². The quantitative estimate of drug-likeness (QED) is 0.812. The number of hydrogen-bond acceptors (Lipinski definition) is 4. The highest BCUT2D eigenvalue weighted by atomic mass is 16.5. The average molecular weight is 274 g/mol. The van der Waals surface area contributed by atoms with E-state index in [9.17, 15) is 0 Å². The first-order chi connectivity index (χ1) is 9.78. The predicted octanol–water partition coefficient (Wildman–Crippen LogP) is 2.62. The van der Waals surface area contributed by atoms with E-state index >= 15 is 0 Å². The van der Waals surface area contributed by atoms with Gasteiger partial charge in [0.25, 0.3) is 0 Å². The Hall–Kier alpha value is -2.43. The van der Waals surface area contributed by atoms with E-state index in [-0.39, 0.29) is 0 Å². The summed E-state index contributed by atoms with van der Waals surface area (Å²) in [7, 11) is 4.81. The topological polar surface area (TPSA) is 45.5 Å². The second-order valence-electron chi connectivity index (χ2n) is 4.12. The first-order valence-corrected chi connectivity index (χ1v) is 6.20. The molecule has 1 aromatic carbocycles.